The maximum atomic E-state index is 11.1. The maximum Gasteiger partial charge on any atom is 0.298 e. The molecule has 0 aliphatic carbocycles. The molecule has 0 saturated heterocycles. The number of aryl methyl sites for hydroxylation is 1. The highest BCUT2D eigenvalue weighted by molar-refractivity contribution is 7.86. The van der Waals surface area contributed by atoms with E-state index in [1.807, 2.05) is 31.2 Å². The Kier molecular flexibility index (Phi) is 3.11. The molecule has 5 heteroatoms. The molecule has 0 heterocycles. The third-order valence-corrected chi connectivity index (χ3v) is 3.58. The molecule has 94 valence electrons. The van der Waals surface area contributed by atoms with Crippen LogP contribution >= 0.6 is 0 Å². The van der Waals surface area contributed by atoms with Crippen molar-refractivity contribution in [2.75, 3.05) is 0 Å². The number of phenols is 1. The molecule has 0 fully saturated rings. The average molecular weight is 264 g/mol. The topological polar surface area (TPSA) is 74.6 Å². The number of aromatic hydroxyl groups is 1. The smallest absolute Gasteiger partial charge is 0.298 e. The van der Waals surface area contributed by atoms with Crippen LogP contribution in [0.15, 0.2) is 47.4 Å². The van der Waals surface area contributed by atoms with Gasteiger partial charge in [-0.05, 0) is 35.7 Å². The van der Waals surface area contributed by atoms with Crippen molar-refractivity contribution < 1.29 is 18.1 Å². The zero-order valence-electron chi connectivity index (χ0n) is 9.66. The molecule has 4 nitrogen and oxygen atoms in total. The van der Waals surface area contributed by atoms with Crippen molar-refractivity contribution in [3.8, 4) is 16.9 Å². The van der Waals surface area contributed by atoms with E-state index in [2.05, 4.69) is 0 Å². The Balaban J connectivity index is 2.66. The summed E-state index contributed by atoms with van der Waals surface area (Å²) in [4.78, 5) is -0.483. The molecule has 0 radical (unpaired) electrons. The third-order valence-electron chi connectivity index (χ3n) is 2.69. The second-order valence-electron chi connectivity index (χ2n) is 3.97. The van der Waals surface area contributed by atoms with Gasteiger partial charge in [-0.2, -0.15) is 8.42 Å². The van der Waals surface area contributed by atoms with Crippen molar-refractivity contribution in [1.82, 2.24) is 0 Å². The Morgan fingerprint density at radius 2 is 1.72 bits per heavy atom. The van der Waals surface area contributed by atoms with Gasteiger partial charge in [0.1, 0.15) is 10.6 Å². The molecule has 0 aliphatic heterocycles. The van der Waals surface area contributed by atoms with E-state index >= 15 is 0 Å². The molecule has 2 aromatic carbocycles. The number of rotatable bonds is 2. The summed E-state index contributed by atoms with van der Waals surface area (Å²) in [7, 11) is -4.43. The highest BCUT2D eigenvalue weighted by Gasteiger charge is 2.16. The molecule has 0 spiro atoms. The van der Waals surface area contributed by atoms with Crippen LogP contribution in [0.25, 0.3) is 11.1 Å². The van der Waals surface area contributed by atoms with Gasteiger partial charge in [0.2, 0.25) is 0 Å². The summed E-state index contributed by atoms with van der Waals surface area (Å²) in [5.41, 5.74) is 2.45. The van der Waals surface area contributed by atoms with Crippen LogP contribution in [0.1, 0.15) is 5.56 Å². The lowest BCUT2D eigenvalue weighted by Gasteiger charge is -2.08. The van der Waals surface area contributed by atoms with Crippen LogP contribution in [0.5, 0.6) is 5.75 Å². The molecule has 0 aromatic heterocycles. The van der Waals surface area contributed by atoms with E-state index in [1.165, 1.54) is 12.1 Å². The van der Waals surface area contributed by atoms with Crippen molar-refractivity contribution in [3.63, 3.8) is 0 Å². The first-order valence-corrected chi connectivity index (χ1v) is 6.70. The summed E-state index contributed by atoms with van der Waals surface area (Å²) < 4.78 is 31.3. The molecule has 2 rings (SSSR count). The predicted molar refractivity (Wildman–Crippen MR) is 68.1 cm³/mol. The van der Waals surface area contributed by atoms with Crippen molar-refractivity contribution in [1.29, 1.82) is 0 Å². The zero-order chi connectivity index (χ0) is 13.3. The van der Waals surface area contributed by atoms with E-state index in [0.717, 1.165) is 11.1 Å². The van der Waals surface area contributed by atoms with Gasteiger partial charge >= 0.3 is 0 Å². The fraction of sp³-hybridized carbons (Fsp3) is 0.0769. The second kappa shape index (κ2) is 4.44. The molecule has 0 atom stereocenters. The highest BCUT2D eigenvalue weighted by Crippen LogP contribution is 2.30. The quantitative estimate of drug-likeness (QED) is 0.818. The number of benzene rings is 2. The molecule has 0 saturated carbocycles. The van der Waals surface area contributed by atoms with Crippen molar-refractivity contribution in [3.05, 3.63) is 48.0 Å². The molecule has 2 N–H and O–H groups in total. The van der Waals surface area contributed by atoms with Crippen molar-refractivity contribution >= 4 is 10.1 Å². The Morgan fingerprint density at radius 1 is 1.06 bits per heavy atom. The zero-order valence-corrected chi connectivity index (χ0v) is 10.5. The van der Waals surface area contributed by atoms with E-state index in [0.29, 0.717) is 5.56 Å². The van der Waals surface area contributed by atoms with Gasteiger partial charge in [-0.25, -0.2) is 0 Å². The summed E-state index contributed by atoms with van der Waals surface area (Å²) in [6.45, 7) is 1.90. The molecule has 0 bridgehead atoms. The predicted octanol–water partition coefficient (Wildman–Crippen LogP) is 2.61. The lowest BCUT2D eigenvalue weighted by Crippen LogP contribution is -1.99. The van der Waals surface area contributed by atoms with Crippen LogP contribution in [0, 0.1) is 6.92 Å². The number of hydrogen-bond acceptors (Lipinski definition) is 3. The average Bonchev–Trinajstić information content (AvgIpc) is 2.29. The number of hydrogen-bond donors (Lipinski definition) is 2. The van der Waals surface area contributed by atoms with Gasteiger partial charge in [0.25, 0.3) is 10.1 Å². The van der Waals surface area contributed by atoms with Crippen LogP contribution in [0.3, 0.4) is 0 Å². The molecule has 0 aliphatic rings. The van der Waals surface area contributed by atoms with Crippen molar-refractivity contribution in [2.24, 2.45) is 0 Å². The van der Waals surface area contributed by atoms with Gasteiger partial charge in [-0.3, -0.25) is 4.55 Å². The van der Waals surface area contributed by atoms with Gasteiger partial charge in [0.15, 0.2) is 0 Å². The summed E-state index contributed by atoms with van der Waals surface area (Å²) in [6, 6.07) is 11.6. The van der Waals surface area contributed by atoms with Crippen LogP contribution in [-0.4, -0.2) is 18.1 Å². The van der Waals surface area contributed by atoms with E-state index in [-0.39, 0.29) is 0 Å². The summed E-state index contributed by atoms with van der Waals surface area (Å²) in [5, 5.41) is 9.45. The van der Waals surface area contributed by atoms with Gasteiger partial charge in [-0.1, -0.05) is 30.3 Å². The first kappa shape index (κ1) is 12.6. The van der Waals surface area contributed by atoms with Crippen LogP contribution in [0.2, 0.25) is 0 Å². The Bertz CT molecular complexity index is 690. The molecule has 0 amide bonds. The molecule has 0 unspecified atom stereocenters. The largest absolute Gasteiger partial charge is 0.506 e. The fourth-order valence-corrected chi connectivity index (χ4v) is 2.39. The fourth-order valence-electron chi connectivity index (χ4n) is 1.79. The minimum absolute atomic E-state index is 0.463. The second-order valence-corrected chi connectivity index (χ2v) is 5.36. The van der Waals surface area contributed by atoms with Gasteiger partial charge in [0, 0.05) is 0 Å². The lowest BCUT2D eigenvalue weighted by atomic mass is 10.0. The van der Waals surface area contributed by atoms with E-state index in [1.54, 1.807) is 6.07 Å². The summed E-state index contributed by atoms with van der Waals surface area (Å²) >= 11 is 0. The molecule has 18 heavy (non-hydrogen) atoms. The molecule has 2 aromatic rings. The first-order chi connectivity index (χ1) is 8.39. The first-order valence-electron chi connectivity index (χ1n) is 5.26. The Labute approximate surface area is 105 Å². The van der Waals surface area contributed by atoms with Crippen molar-refractivity contribution in [2.45, 2.75) is 11.8 Å². The minimum Gasteiger partial charge on any atom is -0.506 e. The van der Waals surface area contributed by atoms with Crippen LogP contribution in [0.4, 0.5) is 0 Å². The summed E-state index contributed by atoms with van der Waals surface area (Å²) in [6.07, 6.45) is 0. The number of phenolic OH excluding ortho intramolecular Hbond substituents is 1. The van der Waals surface area contributed by atoms with E-state index in [4.69, 9.17) is 4.55 Å². The normalized spacial score (nSPS) is 11.4. The Morgan fingerprint density at radius 3 is 2.33 bits per heavy atom. The van der Waals surface area contributed by atoms with Gasteiger partial charge in [0.05, 0.1) is 0 Å². The minimum atomic E-state index is -4.43. The Hall–Kier alpha value is -1.85. The van der Waals surface area contributed by atoms with Crippen LogP contribution < -0.4 is 0 Å². The monoisotopic (exact) mass is 264 g/mol. The summed E-state index contributed by atoms with van der Waals surface area (Å²) in [5.74, 6) is -0.463. The SMILES string of the molecule is Cc1ccccc1-c1ccc(O)c(S(=O)(=O)O)c1. The lowest BCUT2D eigenvalue weighted by molar-refractivity contribution is 0.443. The molecular weight excluding hydrogens is 252 g/mol. The van der Waals surface area contributed by atoms with Gasteiger partial charge in [-0.15, -0.1) is 0 Å². The van der Waals surface area contributed by atoms with E-state index < -0.39 is 20.8 Å². The molecular formula is C13H12O4S. The third kappa shape index (κ3) is 2.37. The highest BCUT2D eigenvalue weighted by atomic mass is 32.2. The maximum absolute atomic E-state index is 11.1. The van der Waals surface area contributed by atoms with Gasteiger partial charge < -0.3 is 5.11 Å². The van der Waals surface area contributed by atoms with E-state index in [9.17, 15) is 13.5 Å². The van der Waals surface area contributed by atoms with Crippen LogP contribution in [-0.2, 0) is 10.1 Å². The standard InChI is InChI=1S/C13H12O4S/c1-9-4-2-3-5-11(9)10-6-7-12(14)13(8-10)18(15,16)17/h2-8,14H,1H3,(H,15,16,17).